The molecule has 0 heteroatoms. The van der Waals surface area contributed by atoms with E-state index < -0.39 is 0 Å². The van der Waals surface area contributed by atoms with Crippen molar-refractivity contribution in [3.63, 3.8) is 0 Å². The van der Waals surface area contributed by atoms with Gasteiger partial charge in [0.05, 0.1) is 0 Å². The van der Waals surface area contributed by atoms with Crippen molar-refractivity contribution < 1.29 is 0 Å². The molecule has 0 fully saturated rings. The van der Waals surface area contributed by atoms with E-state index in [2.05, 4.69) is 38.7 Å². The Kier molecular flexibility index (Phi) is 5.96. The van der Waals surface area contributed by atoms with Crippen molar-refractivity contribution in [2.75, 3.05) is 0 Å². The zero-order valence-corrected chi connectivity index (χ0v) is 8.96. The largest absolute Gasteiger partial charge is 0.0991 e. The Bertz CT molecular complexity index is 214. The van der Waals surface area contributed by atoms with Crippen molar-refractivity contribution in [1.82, 2.24) is 0 Å². The molecule has 0 bridgehead atoms. The average molecular weight is 176 g/mol. The smallest absolute Gasteiger partial charge is 0.0137 e. The molecule has 13 heavy (non-hydrogen) atoms. The first-order chi connectivity index (χ1) is 6.12. The highest BCUT2D eigenvalue weighted by atomic mass is 14.1. The summed E-state index contributed by atoms with van der Waals surface area (Å²) >= 11 is 0. The van der Waals surface area contributed by atoms with Gasteiger partial charge in [-0.2, -0.15) is 0 Å². The maximum absolute atomic E-state index is 3.66. The summed E-state index contributed by atoms with van der Waals surface area (Å²) in [6.45, 7) is 10.1. The Morgan fingerprint density at radius 3 is 2.38 bits per heavy atom. The van der Waals surface area contributed by atoms with Gasteiger partial charge in [-0.15, -0.1) is 0 Å². The normalized spacial score (nSPS) is 13.5. The molecular weight excluding hydrogens is 156 g/mol. The minimum atomic E-state index is 0.228. The second-order valence-electron chi connectivity index (χ2n) is 3.74. The molecule has 72 valence electrons. The third-order valence-electron chi connectivity index (χ3n) is 1.77. The van der Waals surface area contributed by atoms with Gasteiger partial charge in [-0.1, -0.05) is 63.0 Å². The first-order valence-corrected chi connectivity index (χ1v) is 4.70. The van der Waals surface area contributed by atoms with Gasteiger partial charge in [0.25, 0.3) is 0 Å². The zero-order chi connectivity index (χ0) is 10.2. The summed E-state index contributed by atoms with van der Waals surface area (Å²) in [5.41, 5.74) is 0.228. The minimum absolute atomic E-state index is 0.228. The van der Waals surface area contributed by atoms with E-state index in [4.69, 9.17) is 0 Å². The van der Waals surface area contributed by atoms with Crippen molar-refractivity contribution in [3.8, 4) is 0 Å². The van der Waals surface area contributed by atoms with Gasteiger partial charge in [0.1, 0.15) is 0 Å². The Hall–Kier alpha value is -1.04. The van der Waals surface area contributed by atoms with Crippen LogP contribution in [0.25, 0.3) is 0 Å². The molecule has 0 aliphatic carbocycles. The van der Waals surface area contributed by atoms with Crippen LogP contribution in [0, 0.1) is 5.41 Å². The van der Waals surface area contributed by atoms with Crippen LogP contribution in [0.15, 0.2) is 49.1 Å². The van der Waals surface area contributed by atoms with Crippen molar-refractivity contribution in [2.24, 2.45) is 5.41 Å². The maximum atomic E-state index is 3.66. The lowest BCUT2D eigenvalue weighted by molar-refractivity contribution is 0.489. The molecule has 0 unspecified atom stereocenters. The second-order valence-corrected chi connectivity index (χ2v) is 3.74. The Labute approximate surface area is 82.4 Å². The molecule has 0 rings (SSSR count). The van der Waals surface area contributed by atoms with Crippen LogP contribution in [0.3, 0.4) is 0 Å². The lowest BCUT2D eigenvalue weighted by Gasteiger charge is -2.16. The number of allylic oxidation sites excluding steroid dienone is 7. The summed E-state index contributed by atoms with van der Waals surface area (Å²) in [5.74, 6) is 0. The fourth-order valence-electron chi connectivity index (χ4n) is 0.958. The minimum Gasteiger partial charge on any atom is -0.0991 e. The molecule has 0 amide bonds. The predicted molar refractivity (Wildman–Crippen MR) is 61.7 cm³/mol. The van der Waals surface area contributed by atoms with Gasteiger partial charge in [-0.25, -0.2) is 0 Å². The summed E-state index contributed by atoms with van der Waals surface area (Å²) < 4.78 is 0. The molecule has 0 aliphatic rings. The summed E-state index contributed by atoms with van der Waals surface area (Å²) in [7, 11) is 0. The molecule has 0 nitrogen and oxygen atoms in total. The highest BCUT2D eigenvalue weighted by molar-refractivity contribution is 5.08. The number of hydrogen-bond donors (Lipinski definition) is 0. The SMILES string of the molecule is C=CC=CC(C)(C)CC=CC=CC. The predicted octanol–water partition coefficient (Wildman–Crippen LogP) is 4.28. The first kappa shape index (κ1) is 12.0. The van der Waals surface area contributed by atoms with Crippen LogP contribution < -0.4 is 0 Å². The maximum Gasteiger partial charge on any atom is -0.0137 e. The molecule has 0 radical (unpaired) electrons. The van der Waals surface area contributed by atoms with Crippen LogP contribution >= 0.6 is 0 Å². The highest BCUT2D eigenvalue weighted by Crippen LogP contribution is 2.22. The van der Waals surface area contributed by atoms with Crippen molar-refractivity contribution in [2.45, 2.75) is 27.2 Å². The quantitative estimate of drug-likeness (QED) is 0.548. The average Bonchev–Trinajstić information content (AvgIpc) is 2.09. The third kappa shape index (κ3) is 7.32. The summed E-state index contributed by atoms with van der Waals surface area (Å²) in [5, 5.41) is 0. The topological polar surface area (TPSA) is 0 Å². The molecule has 0 heterocycles. The van der Waals surface area contributed by atoms with Crippen LogP contribution in [-0.2, 0) is 0 Å². The highest BCUT2D eigenvalue weighted by Gasteiger charge is 2.09. The van der Waals surface area contributed by atoms with E-state index in [1.165, 1.54) is 0 Å². The van der Waals surface area contributed by atoms with E-state index >= 15 is 0 Å². The fourth-order valence-corrected chi connectivity index (χ4v) is 0.958. The molecule has 0 saturated carbocycles. The van der Waals surface area contributed by atoms with Crippen molar-refractivity contribution in [1.29, 1.82) is 0 Å². The summed E-state index contributed by atoms with van der Waals surface area (Å²) in [4.78, 5) is 0. The molecule has 0 atom stereocenters. The van der Waals surface area contributed by atoms with Gasteiger partial charge in [0, 0.05) is 0 Å². The van der Waals surface area contributed by atoms with Gasteiger partial charge in [0.2, 0.25) is 0 Å². The van der Waals surface area contributed by atoms with E-state index in [9.17, 15) is 0 Å². The van der Waals surface area contributed by atoms with Crippen LogP contribution in [0.2, 0.25) is 0 Å². The van der Waals surface area contributed by atoms with E-state index in [1.54, 1.807) is 0 Å². The van der Waals surface area contributed by atoms with Crippen LogP contribution in [-0.4, -0.2) is 0 Å². The Balaban J connectivity index is 4.01. The Morgan fingerprint density at radius 2 is 1.85 bits per heavy atom. The first-order valence-electron chi connectivity index (χ1n) is 4.70. The van der Waals surface area contributed by atoms with Gasteiger partial charge >= 0.3 is 0 Å². The lowest BCUT2D eigenvalue weighted by Crippen LogP contribution is -2.04. The summed E-state index contributed by atoms with van der Waals surface area (Å²) in [6, 6.07) is 0. The Morgan fingerprint density at radius 1 is 1.15 bits per heavy atom. The monoisotopic (exact) mass is 176 g/mol. The van der Waals surface area contributed by atoms with Gasteiger partial charge in [-0.3, -0.25) is 0 Å². The van der Waals surface area contributed by atoms with Gasteiger partial charge in [0.15, 0.2) is 0 Å². The van der Waals surface area contributed by atoms with E-state index in [0.717, 1.165) is 6.42 Å². The molecular formula is C13H20. The molecule has 0 aliphatic heterocycles. The van der Waals surface area contributed by atoms with E-state index in [1.807, 2.05) is 31.2 Å². The molecule has 0 aromatic carbocycles. The van der Waals surface area contributed by atoms with Gasteiger partial charge < -0.3 is 0 Å². The molecule has 0 spiro atoms. The van der Waals surface area contributed by atoms with Crippen LogP contribution in [0.4, 0.5) is 0 Å². The summed E-state index contributed by atoms with van der Waals surface area (Å²) in [6.07, 6.45) is 15.4. The molecule has 0 aromatic rings. The fraction of sp³-hybridized carbons (Fsp3) is 0.385. The number of hydrogen-bond acceptors (Lipinski definition) is 0. The van der Waals surface area contributed by atoms with E-state index in [0.29, 0.717) is 0 Å². The molecule has 0 aromatic heterocycles. The number of rotatable bonds is 5. The molecule has 0 N–H and O–H groups in total. The van der Waals surface area contributed by atoms with Crippen LogP contribution in [0.5, 0.6) is 0 Å². The van der Waals surface area contributed by atoms with Crippen LogP contribution in [0.1, 0.15) is 27.2 Å². The lowest BCUT2D eigenvalue weighted by atomic mass is 9.89. The molecule has 0 saturated heterocycles. The van der Waals surface area contributed by atoms with E-state index in [-0.39, 0.29) is 5.41 Å². The van der Waals surface area contributed by atoms with Crippen molar-refractivity contribution in [3.05, 3.63) is 49.1 Å². The second kappa shape index (κ2) is 6.47. The van der Waals surface area contributed by atoms with Gasteiger partial charge in [-0.05, 0) is 18.8 Å². The standard InChI is InChI=1S/C13H20/c1-5-7-9-10-12-13(3,4)11-8-6-2/h5-11H,2,12H2,1,3-4H3. The third-order valence-corrected chi connectivity index (χ3v) is 1.77. The zero-order valence-electron chi connectivity index (χ0n) is 8.96. The van der Waals surface area contributed by atoms with Crippen molar-refractivity contribution >= 4 is 0 Å².